The first-order chi connectivity index (χ1) is 13.3. The second kappa shape index (κ2) is 8.13. The molecule has 0 fully saturated rings. The quantitative estimate of drug-likeness (QED) is 0.801. The van der Waals surface area contributed by atoms with Gasteiger partial charge >= 0.3 is 0 Å². The number of carbonyl (C=O) groups is 1. The van der Waals surface area contributed by atoms with Gasteiger partial charge in [-0.2, -0.15) is 0 Å². The minimum atomic E-state index is -0.597. The molecule has 5 heteroatoms. The molecule has 0 aromatic heterocycles. The Morgan fingerprint density at radius 3 is 2.75 bits per heavy atom. The Labute approximate surface area is 167 Å². The van der Waals surface area contributed by atoms with E-state index in [-0.39, 0.29) is 11.9 Å². The van der Waals surface area contributed by atoms with Crippen molar-refractivity contribution in [2.24, 2.45) is 0 Å². The molecule has 1 N–H and O–H groups in total. The van der Waals surface area contributed by atoms with Gasteiger partial charge in [-0.25, -0.2) is 0 Å². The van der Waals surface area contributed by atoms with Crippen molar-refractivity contribution in [1.82, 2.24) is 5.32 Å². The largest absolute Gasteiger partial charge is 0.497 e. The Balaban J connectivity index is 1.76. The molecule has 2 aromatic rings. The molecule has 2 atom stereocenters. The zero-order valence-corrected chi connectivity index (χ0v) is 17.2. The lowest BCUT2D eigenvalue weighted by Gasteiger charge is -2.38. The van der Waals surface area contributed by atoms with E-state index in [1.807, 2.05) is 56.3 Å². The highest BCUT2D eigenvalue weighted by atomic mass is 16.5. The molecule has 0 bridgehead atoms. The van der Waals surface area contributed by atoms with Gasteiger partial charge in [-0.15, -0.1) is 0 Å². The minimum absolute atomic E-state index is 0.143. The van der Waals surface area contributed by atoms with Crippen LogP contribution in [-0.2, 0) is 11.2 Å². The molecule has 5 nitrogen and oxygen atoms in total. The standard InChI is InChI=1S/C23H29NO4/c1-6-16-9-7-8-10-20(16)27-15(2)22(25)24-19-14-23(3,4)28-21-13-17(26-5)11-12-18(19)21/h7-13,15,19H,6,14H2,1-5H3,(H,24,25)/t15-,19-/m1/s1. The van der Waals surface area contributed by atoms with Crippen LogP contribution in [-0.4, -0.2) is 24.7 Å². The molecule has 0 radical (unpaired) electrons. The van der Waals surface area contributed by atoms with E-state index in [0.717, 1.165) is 34.8 Å². The van der Waals surface area contributed by atoms with E-state index in [2.05, 4.69) is 12.2 Å². The normalized spacial score (nSPS) is 18.4. The molecule has 1 heterocycles. The highest BCUT2D eigenvalue weighted by molar-refractivity contribution is 5.81. The summed E-state index contributed by atoms with van der Waals surface area (Å²) < 4.78 is 17.4. The monoisotopic (exact) mass is 383 g/mol. The van der Waals surface area contributed by atoms with Crippen LogP contribution in [0.25, 0.3) is 0 Å². The molecule has 28 heavy (non-hydrogen) atoms. The van der Waals surface area contributed by atoms with Crippen LogP contribution in [0.5, 0.6) is 17.2 Å². The van der Waals surface area contributed by atoms with Crippen LogP contribution in [0.2, 0.25) is 0 Å². The molecule has 0 spiro atoms. The summed E-state index contributed by atoms with van der Waals surface area (Å²) in [7, 11) is 1.63. The summed E-state index contributed by atoms with van der Waals surface area (Å²) in [5, 5.41) is 3.14. The second-order valence-corrected chi connectivity index (χ2v) is 7.75. The molecule has 0 saturated heterocycles. The Bertz CT molecular complexity index is 846. The summed E-state index contributed by atoms with van der Waals surface area (Å²) in [6.45, 7) is 7.89. The van der Waals surface area contributed by atoms with Gasteiger partial charge in [0.2, 0.25) is 0 Å². The van der Waals surface area contributed by atoms with Crippen molar-refractivity contribution < 1.29 is 19.0 Å². The summed E-state index contributed by atoms with van der Waals surface area (Å²) in [6, 6.07) is 13.4. The first kappa shape index (κ1) is 20.1. The van der Waals surface area contributed by atoms with Crippen molar-refractivity contribution >= 4 is 5.91 Å². The number of benzene rings is 2. The zero-order chi connectivity index (χ0) is 20.3. The molecule has 1 aliphatic rings. The molecule has 3 rings (SSSR count). The number of hydrogen-bond acceptors (Lipinski definition) is 4. The molecular weight excluding hydrogens is 354 g/mol. The average Bonchev–Trinajstić information content (AvgIpc) is 2.66. The van der Waals surface area contributed by atoms with E-state index in [4.69, 9.17) is 14.2 Å². The first-order valence-corrected chi connectivity index (χ1v) is 9.75. The maximum Gasteiger partial charge on any atom is 0.261 e. The third-order valence-electron chi connectivity index (χ3n) is 5.02. The van der Waals surface area contributed by atoms with Gasteiger partial charge < -0.3 is 19.5 Å². The second-order valence-electron chi connectivity index (χ2n) is 7.75. The maximum absolute atomic E-state index is 12.9. The molecule has 2 aromatic carbocycles. The van der Waals surface area contributed by atoms with E-state index >= 15 is 0 Å². The third kappa shape index (κ3) is 4.41. The van der Waals surface area contributed by atoms with Crippen molar-refractivity contribution in [3.8, 4) is 17.2 Å². The number of methoxy groups -OCH3 is 1. The topological polar surface area (TPSA) is 56.8 Å². The van der Waals surface area contributed by atoms with Gasteiger partial charge in [0.15, 0.2) is 6.10 Å². The van der Waals surface area contributed by atoms with Gasteiger partial charge in [0.05, 0.1) is 13.2 Å². The summed E-state index contributed by atoms with van der Waals surface area (Å²) in [4.78, 5) is 12.9. The van der Waals surface area contributed by atoms with Crippen molar-refractivity contribution in [3.05, 3.63) is 53.6 Å². The lowest BCUT2D eigenvalue weighted by atomic mass is 9.89. The van der Waals surface area contributed by atoms with Crippen molar-refractivity contribution in [2.45, 2.75) is 58.3 Å². The van der Waals surface area contributed by atoms with Crippen LogP contribution in [0, 0.1) is 0 Å². The van der Waals surface area contributed by atoms with E-state index in [0.29, 0.717) is 6.42 Å². The van der Waals surface area contributed by atoms with E-state index < -0.39 is 11.7 Å². The first-order valence-electron chi connectivity index (χ1n) is 9.75. The predicted molar refractivity (Wildman–Crippen MR) is 109 cm³/mol. The number of carbonyl (C=O) groups excluding carboxylic acids is 1. The number of rotatable bonds is 6. The Hall–Kier alpha value is -2.69. The third-order valence-corrected chi connectivity index (χ3v) is 5.02. The van der Waals surface area contributed by atoms with Gasteiger partial charge in [0.25, 0.3) is 5.91 Å². The van der Waals surface area contributed by atoms with E-state index in [1.54, 1.807) is 14.0 Å². The number of amides is 1. The fourth-order valence-corrected chi connectivity index (χ4v) is 3.53. The van der Waals surface area contributed by atoms with Crippen LogP contribution in [0.3, 0.4) is 0 Å². The van der Waals surface area contributed by atoms with E-state index in [1.165, 1.54) is 0 Å². The highest BCUT2D eigenvalue weighted by Gasteiger charge is 2.35. The van der Waals surface area contributed by atoms with Crippen molar-refractivity contribution in [3.63, 3.8) is 0 Å². The Morgan fingerprint density at radius 2 is 2.04 bits per heavy atom. The number of para-hydroxylation sites is 1. The highest BCUT2D eigenvalue weighted by Crippen LogP contribution is 2.41. The van der Waals surface area contributed by atoms with Crippen LogP contribution in [0.15, 0.2) is 42.5 Å². The molecule has 0 saturated carbocycles. The molecule has 150 valence electrons. The summed E-state index contributed by atoms with van der Waals surface area (Å²) in [5.74, 6) is 2.08. The smallest absolute Gasteiger partial charge is 0.261 e. The summed E-state index contributed by atoms with van der Waals surface area (Å²) in [5.41, 5.74) is 1.65. The Morgan fingerprint density at radius 1 is 1.29 bits per heavy atom. The summed E-state index contributed by atoms with van der Waals surface area (Å²) in [6.07, 6.45) is 0.935. The zero-order valence-electron chi connectivity index (χ0n) is 17.2. The van der Waals surface area contributed by atoms with Gasteiger partial charge in [0, 0.05) is 18.1 Å². The fourth-order valence-electron chi connectivity index (χ4n) is 3.53. The van der Waals surface area contributed by atoms with Crippen molar-refractivity contribution in [1.29, 1.82) is 0 Å². The lowest BCUT2D eigenvalue weighted by Crippen LogP contribution is -2.44. The number of ether oxygens (including phenoxy) is 3. The summed E-state index contributed by atoms with van der Waals surface area (Å²) >= 11 is 0. The van der Waals surface area contributed by atoms with Crippen LogP contribution >= 0.6 is 0 Å². The molecule has 1 amide bonds. The van der Waals surface area contributed by atoms with Crippen LogP contribution < -0.4 is 19.5 Å². The van der Waals surface area contributed by atoms with E-state index in [9.17, 15) is 4.79 Å². The number of fused-ring (bicyclic) bond motifs is 1. The van der Waals surface area contributed by atoms with Gasteiger partial charge in [-0.05, 0) is 51.0 Å². The number of aryl methyl sites for hydroxylation is 1. The molecule has 0 unspecified atom stereocenters. The molecule has 0 aliphatic carbocycles. The number of nitrogens with one attached hydrogen (secondary N) is 1. The maximum atomic E-state index is 12.9. The Kier molecular flexibility index (Phi) is 5.82. The van der Waals surface area contributed by atoms with Crippen molar-refractivity contribution in [2.75, 3.05) is 7.11 Å². The van der Waals surface area contributed by atoms with Gasteiger partial charge in [-0.1, -0.05) is 25.1 Å². The SMILES string of the molecule is CCc1ccccc1O[C@H](C)C(=O)N[C@@H]1CC(C)(C)Oc2cc(OC)ccc21. The number of hydrogen-bond donors (Lipinski definition) is 1. The minimum Gasteiger partial charge on any atom is -0.497 e. The van der Waals surface area contributed by atoms with Crippen LogP contribution in [0.4, 0.5) is 0 Å². The molecular formula is C23H29NO4. The lowest BCUT2D eigenvalue weighted by molar-refractivity contribution is -0.128. The van der Waals surface area contributed by atoms with Crippen LogP contribution in [0.1, 0.15) is 51.3 Å². The van der Waals surface area contributed by atoms with Gasteiger partial charge in [-0.3, -0.25) is 4.79 Å². The average molecular weight is 383 g/mol. The molecule has 1 aliphatic heterocycles. The van der Waals surface area contributed by atoms with Gasteiger partial charge in [0.1, 0.15) is 22.8 Å². The predicted octanol–water partition coefficient (Wildman–Crippen LogP) is 4.44. The fraction of sp³-hybridized carbons (Fsp3) is 0.435.